The van der Waals surface area contributed by atoms with Crippen molar-refractivity contribution in [1.82, 2.24) is 0 Å². The van der Waals surface area contributed by atoms with Gasteiger partial charge in [-0.15, -0.1) is 11.3 Å². The van der Waals surface area contributed by atoms with Crippen molar-refractivity contribution < 1.29 is 19.8 Å². The molecule has 0 amide bonds. The number of hydrogen-bond donors (Lipinski definition) is 3. The Morgan fingerprint density at radius 3 is 2.52 bits per heavy atom. The van der Waals surface area contributed by atoms with Crippen LogP contribution in [0.2, 0.25) is 0 Å². The number of nitrogens with one attached hydrogen (secondary N) is 1. The number of hydrogen-bond acceptors (Lipinski definition) is 5. The van der Waals surface area contributed by atoms with Crippen LogP contribution in [0.15, 0.2) is 40.6 Å². The lowest BCUT2D eigenvalue weighted by atomic mass is 9.86. The molecule has 1 aromatic heterocycles. The highest BCUT2D eigenvalue weighted by atomic mass is 32.2. The van der Waals surface area contributed by atoms with Crippen molar-refractivity contribution in [3.05, 3.63) is 51.7 Å². The number of rotatable bonds is 6. The van der Waals surface area contributed by atoms with Crippen LogP contribution in [0.25, 0.3) is 6.08 Å². The average molecular weight is 377 g/mol. The van der Waals surface area contributed by atoms with E-state index in [-0.39, 0.29) is 10.3 Å². The summed E-state index contributed by atoms with van der Waals surface area (Å²) >= 11 is 2.41. The van der Waals surface area contributed by atoms with E-state index in [2.05, 4.69) is 25.5 Å². The van der Waals surface area contributed by atoms with Gasteiger partial charge in [0.15, 0.2) is 0 Å². The lowest BCUT2D eigenvalue weighted by Crippen LogP contribution is -2.11. The molecule has 0 aliphatic rings. The van der Waals surface area contributed by atoms with Crippen molar-refractivity contribution in [3.63, 3.8) is 0 Å². The minimum absolute atomic E-state index is 0.0632. The van der Waals surface area contributed by atoms with Crippen molar-refractivity contribution in [3.8, 4) is 0 Å². The number of anilines is 1. The summed E-state index contributed by atoms with van der Waals surface area (Å²) in [6.07, 6.45) is 2.65. The van der Waals surface area contributed by atoms with Crippen LogP contribution in [-0.2, 0) is 10.2 Å². The number of benzene rings is 1. The first kappa shape index (κ1) is 19.1. The molecule has 0 fully saturated rings. The van der Waals surface area contributed by atoms with Crippen molar-refractivity contribution in [2.75, 3.05) is 4.72 Å². The number of carboxylic acids is 2. The molecule has 2 rings (SSSR count). The molecule has 0 unspecified atom stereocenters. The summed E-state index contributed by atoms with van der Waals surface area (Å²) in [5.74, 6) is -2.00. The minimum atomic E-state index is -1.02. The first-order chi connectivity index (χ1) is 11.7. The van der Waals surface area contributed by atoms with Crippen LogP contribution in [0.4, 0.5) is 5.69 Å². The number of carbonyl (C=O) groups is 2. The number of aromatic carboxylic acids is 1. The van der Waals surface area contributed by atoms with E-state index in [1.54, 1.807) is 17.5 Å². The molecule has 0 bridgehead atoms. The molecule has 0 radical (unpaired) electrons. The second-order valence-corrected chi connectivity index (χ2v) is 8.11. The predicted molar refractivity (Wildman–Crippen MR) is 103 cm³/mol. The van der Waals surface area contributed by atoms with Gasteiger partial charge in [-0.1, -0.05) is 32.9 Å². The largest absolute Gasteiger partial charge is 0.478 e. The molecule has 1 heterocycles. The van der Waals surface area contributed by atoms with E-state index in [4.69, 9.17) is 10.2 Å². The smallest absolute Gasteiger partial charge is 0.348 e. The molecule has 0 spiro atoms. The van der Waals surface area contributed by atoms with Gasteiger partial charge >= 0.3 is 11.9 Å². The third kappa shape index (κ3) is 5.11. The second kappa shape index (κ2) is 7.76. The normalized spacial score (nSPS) is 11.6. The van der Waals surface area contributed by atoms with Crippen molar-refractivity contribution in [2.24, 2.45) is 0 Å². The van der Waals surface area contributed by atoms with E-state index in [9.17, 15) is 9.59 Å². The number of thiophene rings is 1. The maximum atomic E-state index is 11.2. The van der Waals surface area contributed by atoms with E-state index < -0.39 is 11.9 Å². The first-order valence-electron chi connectivity index (χ1n) is 7.47. The van der Waals surface area contributed by atoms with E-state index >= 15 is 0 Å². The first-order valence-corrected chi connectivity index (χ1v) is 9.17. The molecule has 2 aromatic rings. The molecule has 0 saturated carbocycles. The van der Waals surface area contributed by atoms with E-state index in [1.807, 2.05) is 18.2 Å². The summed E-state index contributed by atoms with van der Waals surface area (Å²) in [6, 6.07) is 7.56. The minimum Gasteiger partial charge on any atom is -0.478 e. The second-order valence-electron chi connectivity index (χ2n) is 6.35. The van der Waals surface area contributed by atoms with Gasteiger partial charge in [0, 0.05) is 11.0 Å². The third-order valence-corrected chi connectivity index (χ3v) is 5.23. The van der Waals surface area contributed by atoms with Gasteiger partial charge in [0.2, 0.25) is 0 Å². The molecule has 25 heavy (non-hydrogen) atoms. The Kier molecular flexibility index (Phi) is 5.92. The van der Waals surface area contributed by atoms with Crippen LogP contribution in [0.3, 0.4) is 0 Å². The van der Waals surface area contributed by atoms with Crippen LogP contribution in [0.1, 0.15) is 41.6 Å². The van der Waals surface area contributed by atoms with Crippen molar-refractivity contribution in [1.29, 1.82) is 0 Å². The Balaban J connectivity index is 2.31. The molecular formula is C18H19NO4S2. The van der Waals surface area contributed by atoms with E-state index in [1.165, 1.54) is 11.9 Å². The summed E-state index contributed by atoms with van der Waals surface area (Å²) < 4.78 is 3.04. The lowest BCUT2D eigenvalue weighted by molar-refractivity contribution is -0.131. The molecule has 1 aromatic carbocycles. The third-order valence-electron chi connectivity index (χ3n) is 3.41. The quantitative estimate of drug-likeness (QED) is 0.487. The zero-order valence-corrected chi connectivity index (χ0v) is 15.7. The maximum Gasteiger partial charge on any atom is 0.348 e. The van der Waals surface area contributed by atoms with Gasteiger partial charge in [-0.2, -0.15) is 0 Å². The molecule has 3 N–H and O–H groups in total. The molecule has 5 nitrogen and oxygen atoms in total. The van der Waals surface area contributed by atoms with Gasteiger partial charge in [0.1, 0.15) is 4.88 Å². The summed E-state index contributed by atoms with van der Waals surface area (Å²) in [4.78, 5) is 23.1. The van der Waals surface area contributed by atoms with Gasteiger partial charge in [0.05, 0.1) is 5.69 Å². The fourth-order valence-electron chi connectivity index (χ4n) is 2.06. The summed E-state index contributed by atoms with van der Waals surface area (Å²) in [7, 11) is 0. The Morgan fingerprint density at radius 1 is 1.20 bits per heavy atom. The monoisotopic (exact) mass is 377 g/mol. The topological polar surface area (TPSA) is 86.6 Å². The van der Waals surface area contributed by atoms with Crippen molar-refractivity contribution >= 4 is 47.0 Å². The van der Waals surface area contributed by atoms with Crippen LogP contribution < -0.4 is 4.72 Å². The van der Waals surface area contributed by atoms with Gasteiger partial charge in [-0.3, -0.25) is 0 Å². The standard InChI is InChI=1S/C18H19NO4S2/c1-18(2,3)12-5-6-14(11(10-12)4-7-15(20)21)25-19-13-8-9-24-16(13)17(22)23/h4-10,19H,1-3H3,(H,20,21)(H,22,23)/b7-4+. The summed E-state index contributed by atoms with van der Waals surface area (Å²) in [5, 5.41) is 19.8. The molecule has 0 aliphatic heterocycles. The number of carboxylic acid groups (broad SMARTS) is 2. The van der Waals surface area contributed by atoms with Crippen molar-refractivity contribution in [2.45, 2.75) is 31.1 Å². The Morgan fingerprint density at radius 2 is 1.92 bits per heavy atom. The fourth-order valence-corrected chi connectivity index (χ4v) is 3.59. The molecular weight excluding hydrogens is 358 g/mol. The molecule has 7 heteroatoms. The van der Waals surface area contributed by atoms with Gasteiger partial charge in [-0.25, -0.2) is 9.59 Å². The van der Waals surface area contributed by atoms with Crippen LogP contribution in [-0.4, -0.2) is 22.2 Å². The van der Waals surface area contributed by atoms with Gasteiger partial charge in [0.25, 0.3) is 0 Å². The molecule has 0 aliphatic carbocycles. The highest BCUT2D eigenvalue weighted by Crippen LogP contribution is 2.32. The van der Waals surface area contributed by atoms with E-state index in [0.717, 1.165) is 33.4 Å². The highest BCUT2D eigenvalue weighted by molar-refractivity contribution is 8.00. The van der Waals surface area contributed by atoms with Gasteiger partial charge < -0.3 is 14.9 Å². The summed E-state index contributed by atoms with van der Waals surface area (Å²) in [5.41, 5.74) is 2.31. The fraction of sp³-hybridized carbons (Fsp3) is 0.222. The van der Waals surface area contributed by atoms with E-state index in [0.29, 0.717) is 5.69 Å². The predicted octanol–water partition coefficient (Wildman–Crippen LogP) is 4.96. The summed E-state index contributed by atoms with van der Waals surface area (Å²) in [6.45, 7) is 6.26. The molecule has 132 valence electrons. The van der Waals surface area contributed by atoms with Crippen LogP contribution >= 0.6 is 23.3 Å². The molecule has 0 atom stereocenters. The Bertz CT molecular complexity index is 819. The van der Waals surface area contributed by atoms with Crippen LogP contribution in [0.5, 0.6) is 0 Å². The zero-order chi connectivity index (χ0) is 18.6. The molecule has 0 saturated heterocycles. The zero-order valence-electron chi connectivity index (χ0n) is 14.1. The Labute approximate surface area is 154 Å². The maximum absolute atomic E-state index is 11.2. The van der Waals surface area contributed by atoms with Crippen LogP contribution in [0, 0.1) is 0 Å². The lowest BCUT2D eigenvalue weighted by Gasteiger charge is -2.20. The highest BCUT2D eigenvalue weighted by Gasteiger charge is 2.16. The van der Waals surface area contributed by atoms with Gasteiger partial charge in [-0.05, 0) is 52.1 Å². The number of aliphatic carboxylic acids is 1. The Hall–Kier alpha value is -2.25. The average Bonchev–Trinajstić information content (AvgIpc) is 2.99. The SMILES string of the molecule is CC(C)(C)c1ccc(SNc2ccsc2C(=O)O)c(/C=C/C(=O)O)c1.